The van der Waals surface area contributed by atoms with Crippen molar-refractivity contribution in [1.82, 2.24) is 10.2 Å². The molecular weight excluding hydrogens is 514 g/mol. The molecule has 226 valence electrons. The number of hydrogen-bond acceptors (Lipinski definition) is 4. The minimum absolute atomic E-state index is 0.227. The number of rotatable bonds is 12. The van der Waals surface area contributed by atoms with Gasteiger partial charge in [-0.25, -0.2) is 4.79 Å². The number of unbranched alkanes of at least 4 members (excludes halogenated alkanes) is 3. The van der Waals surface area contributed by atoms with E-state index in [1.54, 1.807) is 25.7 Å². The van der Waals surface area contributed by atoms with Crippen LogP contribution in [0.3, 0.4) is 0 Å². The van der Waals surface area contributed by atoms with Crippen LogP contribution in [0.25, 0.3) is 0 Å². The van der Waals surface area contributed by atoms with Gasteiger partial charge < -0.3 is 20.3 Å². The molecule has 2 atom stereocenters. The summed E-state index contributed by atoms with van der Waals surface area (Å²) in [6, 6.07) is 10.1. The standard InChI is InChI=1S/C34H51N3O4/c1-11-12-13-14-18-37(32(39)28(22(2)3)36-33(40)41-34(8,9)10)30(27-20-23(4)19-24(5)21-27)31(38)35-29-25(6)16-15-17-26(29)7/h15-17,19-22,28,30H,11-14,18H2,1-10H3,(H,35,38)(H,36,40). The summed E-state index contributed by atoms with van der Waals surface area (Å²) in [5.74, 6) is -0.811. The second kappa shape index (κ2) is 15.0. The maximum atomic E-state index is 14.4. The van der Waals surface area contributed by atoms with Gasteiger partial charge in [0.05, 0.1) is 0 Å². The van der Waals surface area contributed by atoms with Gasteiger partial charge in [0.15, 0.2) is 0 Å². The van der Waals surface area contributed by atoms with Crippen LogP contribution >= 0.6 is 0 Å². The summed E-state index contributed by atoms with van der Waals surface area (Å²) in [6.45, 7) is 19.6. The monoisotopic (exact) mass is 565 g/mol. The predicted octanol–water partition coefficient (Wildman–Crippen LogP) is 7.56. The van der Waals surface area contributed by atoms with E-state index < -0.39 is 23.8 Å². The number of ether oxygens (including phenoxy) is 1. The number of aryl methyl sites for hydroxylation is 4. The zero-order valence-electron chi connectivity index (χ0n) is 26.8. The molecule has 0 aliphatic rings. The van der Waals surface area contributed by atoms with Gasteiger partial charge in [0.25, 0.3) is 5.91 Å². The van der Waals surface area contributed by atoms with Gasteiger partial charge in [0.2, 0.25) is 5.91 Å². The molecule has 0 saturated heterocycles. The van der Waals surface area contributed by atoms with E-state index in [9.17, 15) is 14.4 Å². The number of hydrogen-bond donors (Lipinski definition) is 2. The minimum atomic E-state index is -0.886. The molecule has 0 spiro atoms. The highest BCUT2D eigenvalue weighted by Crippen LogP contribution is 2.29. The second-order valence-corrected chi connectivity index (χ2v) is 12.5. The number of carbonyl (C=O) groups is 3. The Morgan fingerprint density at radius 2 is 1.49 bits per heavy atom. The van der Waals surface area contributed by atoms with Crippen LogP contribution in [0.1, 0.15) is 101 Å². The molecule has 41 heavy (non-hydrogen) atoms. The van der Waals surface area contributed by atoms with Crippen LogP contribution in [-0.2, 0) is 14.3 Å². The molecule has 0 heterocycles. The number of para-hydroxylation sites is 1. The summed E-state index contributed by atoms with van der Waals surface area (Å²) in [5, 5.41) is 5.95. The summed E-state index contributed by atoms with van der Waals surface area (Å²) in [7, 11) is 0. The zero-order valence-corrected chi connectivity index (χ0v) is 26.8. The van der Waals surface area contributed by atoms with Crippen molar-refractivity contribution >= 4 is 23.6 Å². The van der Waals surface area contributed by atoms with Crippen molar-refractivity contribution in [2.24, 2.45) is 5.92 Å². The fourth-order valence-corrected chi connectivity index (χ4v) is 5.05. The molecule has 3 amide bonds. The molecule has 0 saturated carbocycles. The minimum Gasteiger partial charge on any atom is -0.444 e. The van der Waals surface area contributed by atoms with E-state index in [0.29, 0.717) is 6.54 Å². The van der Waals surface area contributed by atoms with Gasteiger partial charge in [-0.1, -0.05) is 87.6 Å². The molecular formula is C34H51N3O4. The van der Waals surface area contributed by atoms with Gasteiger partial charge in [0.1, 0.15) is 17.7 Å². The van der Waals surface area contributed by atoms with Crippen molar-refractivity contribution in [3.05, 3.63) is 64.2 Å². The van der Waals surface area contributed by atoms with E-state index in [1.165, 1.54) is 0 Å². The third-order valence-electron chi connectivity index (χ3n) is 6.99. The molecule has 2 aromatic carbocycles. The van der Waals surface area contributed by atoms with Crippen molar-refractivity contribution in [3.8, 4) is 0 Å². The number of benzene rings is 2. The van der Waals surface area contributed by atoms with E-state index >= 15 is 0 Å². The first kappa shape index (κ1) is 33.9. The molecule has 2 unspecified atom stereocenters. The number of amides is 3. The lowest BCUT2D eigenvalue weighted by molar-refractivity contribution is -0.141. The van der Waals surface area contributed by atoms with Gasteiger partial charge in [-0.2, -0.15) is 0 Å². The molecule has 0 aromatic heterocycles. The molecule has 0 aliphatic heterocycles. The number of anilines is 1. The van der Waals surface area contributed by atoms with Crippen LogP contribution in [0, 0.1) is 33.6 Å². The quantitative estimate of drug-likeness (QED) is 0.260. The van der Waals surface area contributed by atoms with E-state index in [1.807, 2.05) is 71.9 Å². The normalized spacial score (nSPS) is 13.0. The number of nitrogens with zero attached hydrogens (tertiary/aromatic N) is 1. The summed E-state index contributed by atoms with van der Waals surface area (Å²) >= 11 is 0. The lowest BCUT2D eigenvalue weighted by atomic mass is 9.96. The molecule has 0 aliphatic carbocycles. The highest BCUT2D eigenvalue weighted by Gasteiger charge is 2.37. The first-order chi connectivity index (χ1) is 19.1. The molecule has 2 rings (SSSR count). The zero-order chi connectivity index (χ0) is 30.9. The molecule has 0 fully saturated rings. The van der Waals surface area contributed by atoms with Crippen LogP contribution in [0.15, 0.2) is 36.4 Å². The third kappa shape index (κ3) is 10.2. The van der Waals surface area contributed by atoms with Gasteiger partial charge in [0, 0.05) is 12.2 Å². The first-order valence-electron chi connectivity index (χ1n) is 14.9. The maximum absolute atomic E-state index is 14.4. The van der Waals surface area contributed by atoms with E-state index in [2.05, 4.69) is 23.6 Å². The van der Waals surface area contributed by atoms with Crippen molar-refractivity contribution in [2.45, 2.75) is 113 Å². The Labute approximate surface area is 247 Å². The summed E-state index contributed by atoms with van der Waals surface area (Å²) in [4.78, 5) is 43.1. The Bertz CT molecular complexity index is 1160. The molecule has 2 aromatic rings. The Balaban J connectivity index is 2.62. The van der Waals surface area contributed by atoms with Crippen LogP contribution in [0.2, 0.25) is 0 Å². The predicted molar refractivity (Wildman–Crippen MR) is 167 cm³/mol. The highest BCUT2D eigenvalue weighted by atomic mass is 16.6. The average Bonchev–Trinajstić information content (AvgIpc) is 2.84. The fraction of sp³-hybridized carbons (Fsp3) is 0.559. The molecule has 7 heteroatoms. The summed E-state index contributed by atoms with van der Waals surface area (Å²) in [6.07, 6.45) is 3.11. The van der Waals surface area contributed by atoms with Gasteiger partial charge in [-0.15, -0.1) is 0 Å². The van der Waals surface area contributed by atoms with Gasteiger partial charge in [-0.05, 0) is 77.5 Å². The second-order valence-electron chi connectivity index (χ2n) is 12.5. The Morgan fingerprint density at radius 1 is 0.902 bits per heavy atom. The van der Waals surface area contributed by atoms with Gasteiger partial charge in [-0.3, -0.25) is 9.59 Å². The SMILES string of the molecule is CCCCCCN(C(=O)C(NC(=O)OC(C)(C)C)C(C)C)C(C(=O)Nc1c(C)cccc1C)c1cc(C)cc(C)c1. The largest absolute Gasteiger partial charge is 0.444 e. The molecule has 7 nitrogen and oxygen atoms in total. The smallest absolute Gasteiger partial charge is 0.408 e. The van der Waals surface area contributed by atoms with Crippen molar-refractivity contribution in [3.63, 3.8) is 0 Å². The lowest BCUT2D eigenvalue weighted by Gasteiger charge is -2.36. The van der Waals surface area contributed by atoms with E-state index in [0.717, 1.165) is 59.2 Å². The lowest BCUT2D eigenvalue weighted by Crippen LogP contribution is -2.54. The van der Waals surface area contributed by atoms with Crippen molar-refractivity contribution in [2.75, 3.05) is 11.9 Å². The highest BCUT2D eigenvalue weighted by molar-refractivity contribution is 6.00. The van der Waals surface area contributed by atoms with Gasteiger partial charge >= 0.3 is 6.09 Å². The number of nitrogens with one attached hydrogen (secondary N) is 2. The Kier molecular flexibility index (Phi) is 12.4. The fourth-order valence-electron chi connectivity index (χ4n) is 5.05. The summed E-state index contributed by atoms with van der Waals surface area (Å²) in [5.41, 5.74) is 4.70. The van der Waals surface area contributed by atoms with Crippen LogP contribution < -0.4 is 10.6 Å². The number of carbonyl (C=O) groups excluding carboxylic acids is 3. The Hall–Kier alpha value is -3.35. The maximum Gasteiger partial charge on any atom is 0.408 e. The van der Waals surface area contributed by atoms with Crippen molar-refractivity contribution < 1.29 is 19.1 Å². The molecule has 0 radical (unpaired) electrons. The van der Waals surface area contributed by atoms with E-state index in [-0.39, 0.29) is 17.7 Å². The van der Waals surface area contributed by atoms with E-state index in [4.69, 9.17) is 4.74 Å². The average molecular weight is 566 g/mol. The van der Waals surface area contributed by atoms with Crippen molar-refractivity contribution in [1.29, 1.82) is 0 Å². The van der Waals surface area contributed by atoms with Crippen LogP contribution in [0.5, 0.6) is 0 Å². The van der Waals surface area contributed by atoms with Crippen LogP contribution in [0.4, 0.5) is 10.5 Å². The first-order valence-corrected chi connectivity index (χ1v) is 14.9. The van der Waals surface area contributed by atoms with Crippen LogP contribution in [-0.4, -0.2) is 41.0 Å². The third-order valence-corrected chi connectivity index (χ3v) is 6.99. The topological polar surface area (TPSA) is 87.7 Å². The molecule has 0 bridgehead atoms. The Morgan fingerprint density at radius 3 is 2.00 bits per heavy atom. The number of alkyl carbamates (subject to hydrolysis) is 1. The summed E-state index contributed by atoms with van der Waals surface area (Å²) < 4.78 is 5.49. The molecule has 2 N–H and O–H groups in total.